The van der Waals surface area contributed by atoms with Crippen LogP contribution in [-0.2, 0) is 6.61 Å². The van der Waals surface area contributed by atoms with Crippen LogP contribution in [0.4, 0.5) is 11.4 Å². The van der Waals surface area contributed by atoms with Gasteiger partial charge in [-0.3, -0.25) is 14.9 Å². The summed E-state index contributed by atoms with van der Waals surface area (Å²) < 4.78 is 5.64. The number of nitro groups is 1. The van der Waals surface area contributed by atoms with Gasteiger partial charge in [0.25, 0.3) is 11.6 Å². The molecule has 2 aromatic carbocycles. The van der Waals surface area contributed by atoms with Crippen molar-refractivity contribution in [3.8, 4) is 5.75 Å². The van der Waals surface area contributed by atoms with Crippen LogP contribution in [0, 0.1) is 17.0 Å². The number of nitro benzene ring substituents is 1. The first kappa shape index (κ1) is 18.8. The molecule has 0 saturated heterocycles. The molecule has 0 aliphatic rings. The molecule has 0 unspecified atom stereocenters. The predicted molar refractivity (Wildman–Crippen MR) is 104 cm³/mol. The fourth-order valence-electron chi connectivity index (χ4n) is 2.29. The van der Waals surface area contributed by atoms with Crippen LogP contribution in [0.3, 0.4) is 0 Å². The summed E-state index contributed by atoms with van der Waals surface area (Å²) in [5.74, 6) is 0.276. The lowest BCUT2D eigenvalue weighted by molar-refractivity contribution is -0.384. The smallest absolute Gasteiger partial charge is 0.271 e. The largest absolute Gasteiger partial charge is 0.486 e. The van der Waals surface area contributed by atoms with Crippen LogP contribution in [0.25, 0.3) is 0 Å². The lowest BCUT2D eigenvalue weighted by Gasteiger charge is -2.04. The second-order valence-corrected chi connectivity index (χ2v) is 7.05. The van der Waals surface area contributed by atoms with Crippen LogP contribution < -0.4 is 10.1 Å². The van der Waals surface area contributed by atoms with Gasteiger partial charge >= 0.3 is 0 Å². The number of aryl methyl sites for hydroxylation is 1. The summed E-state index contributed by atoms with van der Waals surface area (Å²) in [6, 6.07) is 12.7. The molecule has 0 spiro atoms. The summed E-state index contributed by atoms with van der Waals surface area (Å²) >= 11 is 7.05. The van der Waals surface area contributed by atoms with Crippen LogP contribution in [0.5, 0.6) is 5.75 Å². The van der Waals surface area contributed by atoms with Gasteiger partial charge in [-0.25, -0.2) is 4.98 Å². The molecule has 0 atom stereocenters. The van der Waals surface area contributed by atoms with Gasteiger partial charge in [0.2, 0.25) is 0 Å². The van der Waals surface area contributed by atoms with E-state index in [1.807, 2.05) is 0 Å². The maximum atomic E-state index is 12.5. The summed E-state index contributed by atoms with van der Waals surface area (Å²) in [5.41, 5.74) is 0.824. The van der Waals surface area contributed by atoms with E-state index in [1.54, 1.807) is 37.3 Å². The van der Waals surface area contributed by atoms with Gasteiger partial charge < -0.3 is 10.1 Å². The standard InChI is InChI=1S/C18H14ClN3O4S/c1-11-17(18(23)21-13-3-2-4-14(9-13)22(24)25)27-16(20-11)10-26-15-7-5-12(19)6-8-15/h2-9H,10H2,1H3,(H,21,23). The van der Waals surface area contributed by atoms with Crippen molar-refractivity contribution < 1.29 is 14.5 Å². The highest BCUT2D eigenvalue weighted by atomic mass is 35.5. The predicted octanol–water partition coefficient (Wildman–Crippen LogP) is 4.84. The number of ether oxygens (including phenoxy) is 1. The van der Waals surface area contributed by atoms with E-state index in [-0.39, 0.29) is 18.2 Å². The Morgan fingerprint density at radius 3 is 2.74 bits per heavy atom. The van der Waals surface area contributed by atoms with Crippen LogP contribution in [-0.4, -0.2) is 15.8 Å². The number of nitrogens with one attached hydrogen (secondary N) is 1. The van der Waals surface area contributed by atoms with Gasteiger partial charge in [0.1, 0.15) is 22.2 Å². The van der Waals surface area contributed by atoms with Gasteiger partial charge in [0.05, 0.1) is 10.6 Å². The lowest BCUT2D eigenvalue weighted by atomic mass is 10.2. The van der Waals surface area contributed by atoms with Crippen molar-refractivity contribution in [1.29, 1.82) is 0 Å². The Labute approximate surface area is 163 Å². The van der Waals surface area contributed by atoms with Gasteiger partial charge in [-0.1, -0.05) is 17.7 Å². The van der Waals surface area contributed by atoms with Crippen molar-refractivity contribution in [3.05, 3.63) is 79.2 Å². The molecule has 0 aliphatic carbocycles. The third-order valence-electron chi connectivity index (χ3n) is 3.54. The zero-order chi connectivity index (χ0) is 19.4. The molecule has 0 bridgehead atoms. The first-order chi connectivity index (χ1) is 12.9. The molecule has 0 fully saturated rings. The number of rotatable bonds is 6. The molecule has 0 aliphatic heterocycles. The minimum atomic E-state index is -0.514. The Morgan fingerprint density at radius 1 is 1.30 bits per heavy atom. The normalized spacial score (nSPS) is 10.4. The Hall–Kier alpha value is -2.97. The van der Waals surface area contributed by atoms with Crippen molar-refractivity contribution in [2.75, 3.05) is 5.32 Å². The van der Waals surface area contributed by atoms with Gasteiger partial charge in [-0.05, 0) is 37.3 Å². The minimum Gasteiger partial charge on any atom is -0.486 e. The maximum Gasteiger partial charge on any atom is 0.271 e. The number of non-ortho nitro benzene ring substituents is 1. The van der Waals surface area contributed by atoms with Gasteiger partial charge in [-0.15, -0.1) is 11.3 Å². The van der Waals surface area contributed by atoms with E-state index in [0.29, 0.717) is 32.0 Å². The molecule has 7 nitrogen and oxygen atoms in total. The number of hydrogen-bond donors (Lipinski definition) is 1. The van der Waals surface area contributed by atoms with Gasteiger partial charge in [-0.2, -0.15) is 0 Å². The van der Waals surface area contributed by atoms with Crippen LogP contribution in [0.2, 0.25) is 5.02 Å². The Bertz CT molecular complexity index is 989. The van der Waals surface area contributed by atoms with Crippen LogP contribution in [0.15, 0.2) is 48.5 Å². The summed E-state index contributed by atoms with van der Waals surface area (Å²) in [5, 5.41) is 14.8. The fraction of sp³-hybridized carbons (Fsp3) is 0.111. The highest BCUT2D eigenvalue weighted by Gasteiger charge is 2.17. The molecule has 0 radical (unpaired) electrons. The van der Waals surface area contributed by atoms with Gasteiger partial charge in [0.15, 0.2) is 0 Å². The molecule has 27 heavy (non-hydrogen) atoms. The zero-order valence-corrected chi connectivity index (χ0v) is 15.7. The van der Waals surface area contributed by atoms with Crippen molar-refractivity contribution >= 4 is 40.2 Å². The van der Waals surface area contributed by atoms with E-state index in [1.165, 1.54) is 29.5 Å². The number of anilines is 1. The third-order valence-corrected chi connectivity index (χ3v) is 4.92. The monoisotopic (exact) mass is 403 g/mol. The molecule has 9 heteroatoms. The highest BCUT2D eigenvalue weighted by molar-refractivity contribution is 7.13. The average Bonchev–Trinajstić information content (AvgIpc) is 3.02. The second kappa shape index (κ2) is 8.15. The van der Waals surface area contributed by atoms with Crippen LogP contribution >= 0.6 is 22.9 Å². The van der Waals surface area contributed by atoms with Crippen molar-refractivity contribution in [2.24, 2.45) is 0 Å². The zero-order valence-electron chi connectivity index (χ0n) is 14.1. The van der Waals surface area contributed by atoms with E-state index in [2.05, 4.69) is 10.3 Å². The number of carbonyl (C=O) groups excluding carboxylic acids is 1. The number of nitrogens with zero attached hydrogens (tertiary/aromatic N) is 2. The van der Waals surface area contributed by atoms with Crippen molar-refractivity contribution in [2.45, 2.75) is 13.5 Å². The number of benzene rings is 2. The van der Waals surface area contributed by atoms with E-state index in [9.17, 15) is 14.9 Å². The third kappa shape index (κ3) is 4.81. The van der Waals surface area contributed by atoms with E-state index in [4.69, 9.17) is 16.3 Å². The summed E-state index contributed by atoms with van der Waals surface area (Å²) in [4.78, 5) is 27.6. The number of aromatic nitrogens is 1. The number of carbonyl (C=O) groups is 1. The number of amides is 1. The molecule has 1 aromatic heterocycles. The molecular weight excluding hydrogens is 390 g/mol. The molecule has 138 valence electrons. The minimum absolute atomic E-state index is 0.0918. The first-order valence-corrected chi connectivity index (χ1v) is 9.02. The number of halogens is 1. The van der Waals surface area contributed by atoms with E-state index in [0.717, 1.165) is 0 Å². The van der Waals surface area contributed by atoms with Gasteiger partial charge in [0, 0.05) is 22.8 Å². The number of hydrogen-bond acceptors (Lipinski definition) is 6. The Balaban J connectivity index is 1.68. The quantitative estimate of drug-likeness (QED) is 0.469. The molecule has 3 aromatic rings. The maximum absolute atomic E-state index is 12.5. The number of thiazole rings is 1. The van der Waals surface area contributed by atoms with Crippen molar-refractivity contribution in [3.63, 3.8) is 0 Å². The summed E-state index contributed by atoms with van der Waals surface area (Å²) in [6.07, 6.45) is 0. The second-order valence-electron chi connectivity index (χ2n) is 5.53. The summed E-state index contributed by atoms with van der Waals surface area (Å²) in [7, 11) is 0. The molecule has 0 saturated carbocycles. The SMILES string of the molecule is Cc1nc(COc2ccc(Cl)cc2)sc1C(=O)Nc1cccc([N+](=O)[O-])c1. The molecule has 3 rings (SSSR count). The lowest BCUT2D eigenvalue weighted by Crippen LogP contribution is -2.11. The average molecular weight is 404 g/mol. The molecule has 1 N–H and O–H groups in total. The van der Waals surface area contributed by atoms with Crippen LogP contribution in [0.1, 0.15) is 20.4 Å². The first-order valence-electron chi connectivity index (χ1n) is 7.83. The van der Waals surface area contributed by atoms with Crippen molar-refractivity contribution in [1.82, 2.24) is 4.98 Å². The summed E-state index contributed by atoms with van der Waals surface area (Å²) in [6.45, 7) is 1.95. The molecular formula is C18H14ClN3O4S. The molecule has 1 heterocycles. The Kier molecular flexibility index (Phi) is 5.68. The van der Waals surface area contributed by atoms with E-state index < -0.39 is 4.92 Å². The topological polar surface area (TPSA) is 94.4 Å². The fourth-order valence-corrected chi connectivity index (χ4v) is 3.28. The van der Waals surface area contributed by atoms with E-state index >= 15 is 0 Å². The Morgan fingerprint density at radius 2 is 2.04 bits per heavy atom. The molecule has 1 amide bonds. The highest BCUT2D eigenvalue weighted by Crippen LogP contribution is 2.23.